The van der Waals surface area contributed by atoms with Crippen LogP contribution < -0.4 is 26.2 Å². The molecule has 8 aromatic carbocycles. The molecule has 0 bridgehead atoms. The van der Waals surface area contributed by atoms with E-state index < -0.39 is 0 Å². The molecule has 0 amide bonds. The first kappa shape index (κ1) is 25.0. The second kappa shape index (κ2) is 9.75. The Morgan fingerprint density at radius 3 is 1.80 bits per heavy atom. The molecule has 0 unspecified atom stereocenters. The van der Waals surface area contributed by atoms with Crippen LogP contribution >= 0.6 is 0 Å². The maximum Gasteiger partial charge on any atom is 0.246 e. The Labute approximate surface area is 257 Å². The molecule has 3 heteroatoms. The van der Waals surface area contributed by atoms with Crippen LogP contribution in [0.3, 0.4) is 0 Å². The lowest BCUT2D eigenvalue weighted by atomic mass is 9.35. The van der Waals surface area contributed by atoms with Gasteiger partial charge in [0.05, 0.1) is 5.69 Å². The van der Waals surface area contributed by atoms with E-state index in [-0.39, 0.29) is 6.71 Å². The molecule has 0 spiro atoms. The standard InChI is InChI=1S/C41H29BN2/c1-43-38-20-12-11-19-35(38)42(30-13-5-2-6-14-30)36-27-29-22-24-33-37(26-23-28-21-25-34(41(36)43)40(29)39(28)33)44(31-15-7-3-8-16-31)32-17-9-4-10-18-32/h2-27H,1H3. The van der Waals surface area contributed by atoms with Crippen molar-refractivity contribution in [1.29, 1.82) is 0 Å². The summed E-state index contributed by atoms with van der Waals surface area (Å²) in [6.45, 7) is 0.169. The highest BCUT2D eigenvalue weighted by molar-refractivity contribution is 6.98. The molecule has 0 saturated heterocycles. The van der Waals surface area contributed by atoms with Crippen molar-refractivity contribution in [1.82, 2.24) is 0 Å². The minimum Gasteiger partial charge on any atom is -0.345 e. The molecular formula is C41H29BN2. The third kappa shape index (κ3) is 3.63. The van der Waals surface area contributed by atoms with E-state index >= 15 is 0 Å². The summed E-state index contributed by atoms with van der Waals surface area (Å²) in [5.74, 6) is 0. The lowest BCUT2D eigenvalue weighted by Crippen LogP contribution is -2.57. The summed E-state index contributed by atoms with van der Waals surface area (Å²) in [5, 5.41) is 7.76. The van der Waals surface area contributed by atoms with E-state index in [1.165, 1.54) is 65.8 Å². The van der Waals surface area contributed by atoms with Gasteiger partial charge in [-0.3, -0.25) is 0 Å². The fourth-order valence-electron chi connectivity index (χ4n) is 7.57. The number of nitrogens with zero attached hydrogens (tertiary/aromatic N) is 2. The Morgan fingerprint density at radius 1 is 0.500 bits per heavy atom. The molecule has 1 heterocycles. The molecule has 0 aliphatic carbocycles. The second-order valence-corrected chi connectivity index (χ2v) is 11.8. The second-order valence-electron chi connectivity index (χ2n) is 11.8. The molecule has 9 rings (SSSR count). The van der Waals surface area contributed by atoms with Gasteiger partial charge >= 0.3 is 0 Å². The van der Waals surface area contributed by atoms with Crippen LogP contribution in [0.25, 0.3) is 32.3 Å². The molecule has 1 aliphatic heterocycles. The van der Waals surface area contributed by atoms with Crippen LogP contribution in [0.4, 0.5) is 28.4 Å². The van der Waals surface area contributed by atoms with E-state index in [9.17, 15) is 0 Å². The summed E-state index contributed by atoms with van der Waals surface area (Å²) in [7, 11) is 2.23. The Bertz CT molecular complexity index is 2260. The van der Waals surface area contributed by atoms with Gasteiger partial charge in [-0.2, -0.15) is 0 Å². The van der Waals surface area contributed by atoms with Crippen molar-refractivity contribution in [2.75, 3.05) is 16.8 Å². The third-order valence-electron chi connectivity index (χ3n) is 9.42. The van der Waals surface area contributed by atoms with Gasteiger partial charge in [0.1, 0.15) is 0 Å². The molecule has 0 saturated carbocycles. The highest BCUT2D eigenvalue weighted by Crippen LogP contribution is 2.45. The summed E-state index contributed by atoms with van der Waals surface area (Å²) in [5.41, 5.74) is 10.1. The first-order chi connectivity index (χ1) is 21.8. The fraction of sp³-hybridized carbons (Fsp3) is 0.0244. The highest BCUT2D eigenvalue weighted by atomic mass is 15.1. The zero-order chi connectivity index (χ0) is 29.2. The van der Waals surface area contributed by atoms with E-state index in [0.29, 0.717) is 0 Å². The monoisotopic (exact) mass is 560 g/mol. The van der Waals surface area contributed by atoms with E-state index in [1.807, 2.05) is 0 Å². The number of anilines is 5. The number of fused-ring (bicyclic) bond motifs is 3. The average molecular weight is 561 g/mol. The fourth-order valence-corrected chi connectivity index (χ4v) is 7.57. The Kier molecular flexibility index (Phi) is 5.54. The lowest BCUT2D eigenvalue weighted by Gasteiger charge is -2.36. The Hall–Kier alpha value is -5.54. The van der Waals surface area contributed by atoms with E-state index in [4.69, 9.17) is 0 Å². The zero-order valence-electron chi connectivity index (χ0n) is 24.5. The van der Waals surface area contributed by atoms with Gasteiger partial charge in [-0.05, 0) is 68.9 Å². The van der Waals surface area contributed by atoms with Gasteiger partial charge in [0.25, 0.3) is 0 Å². The molecular weight excluding hydrogens is 531 g/mol. The normalized spacial score (nSPS) is 12.6. The predicted octanol–water partition coefficient (Wildman–Crippen LogP) is 8.65. The first-order valence-corrected chi connectivity index (χ1v) is 15.3. The molecule has 0 atom stereocenters. The minimum atomic E-state index is 0.169. The van der Waals surface area contributed by atoms with Gasteiger partial charge in [0.2, 0.25) is 6.71 Å². The molecule has 0 fully saturated rings. The van der Waals surface area contributed by atoms with Gasteiger partial charge in [-0.25, -0.2) is 0 Å². The van der Waals surface area contributed by atoms with Crippen LogP contribution in [0, 0.1) is 0 Å². The average Bonchev–Trinajstić information content (AvgIpc) is 3.09. The van der Waals surface area contributed by atoms with Crippen molar-refractivity contribution in [3.63, 3.8) is 0 Å². The minimum absolute atomic E-state index is 0.169. The number of hydrogen-bond acceptors (Lipinski definition) is 2. The van der Waals surface area contributed by atoms with Gasteiger partial charge in [0.15, 0.2) is 0 Å². The van der Waals surface area contributed by atoms with Crippen LogP contribution in [-0.4, -0.2) is 13.8 Å². The Balaban J connectivity index is 1.35. The molecule has 1 aliphatic rings. The van der Waals surface area contributed by atoms with E-state index in [2.05, 4.69) is 175 Å². The maximum atomic E-state index is 2.46. The molecule has 0 aromatic heterocycles. The number of rotatable bonds is 4. The van der Waals surface area contributed by atoms with Crippen molar-refractivity contribution < 1.29 is 0 Å². The number of para-hydroxylation sites is 3. The highest BCUT2D eigenvalue weighted by Gasteiger charge is 2.35. The molecule has 206 valence electrons. The summed E-state index contributed by atoms with van der Waals surface area (Å²) in [4.78, 5) is 4.80. The third-order valence-corrected chi connectivity index (χ3v) is 9.42. The van der Waals surface area contributed by atoms with Crippen molar-refractivity contribution in [2.45, 2.75) is 0 Å². The lowest BCUT2D eigenvalue weighted by molar-refractivity contribution is 1.23. The van der Waals surface area contributed by atoms with Crippen LogP contribution in [0.15, 0.2) is 158 Å². The summed E-state index contributed by atoms with van der Waals surface area (Å²) < 4.78 is 0. The maximum absolute atomic E-state index is 2.46. The molecule has 0 radical (unpaired) electrons. The predicted molar refractivity (Wildman–Crippen MR) is 190 cm³/mol. The quantitative estimate of drug-likeness (QED) is 0.157. The van der Waals surface area contributed by atoms with Crippen molar-refractivity contribution >= 4 is 83.9 Å². The van der Waals surface area contributed by atoms with Crippen LogP contribution in [0.1, 0.15) is 0 Å². The van der Waals surface area contributed by atoms with Gasteiger partial charge in [0, 0.05) is 40.6 Å². The van der Waals surface area contributed by atoms with Crippen molar-refractivity contribution in [3.05, 3.63) is 158 Å². The topological polar surface area (TPSA) is 6.48 Å². The summed E-state index contributed by atoms with van der Waals surface area (Å²) in [6, 6.07) is 57.6. The summed E-state index contributed by atoms with van der Waals surface area (Å²) >= 11 is 0. The number of benzene rings is 8. The van der Waals surface area contributed by atoms with Gasteiger partial charge in [-0.15, -0.1) is 0 Å². The van der Waals surface area contributed by atoms with Crippen molar-refractivity contribution in [2.24, 2.45) is 0 Å². The zero-order valence-corrected chi connectivity index (χ0v) is 24.5. The van der Waals surface area contributed by atoms with Crippen molar-refractivity contribution in [3.8, 4) is 0 Å². The summed E-state index contributed by atoms with van der Waals surface area (Å²) in [6.07, 6.45) is 0. The largest absolute Gasteiger partial charge is 0.345 e. The Morgan fingerprint density at radius 2 is 1.07 bits per heavy atom. The van der Waals surface area contributed by atoms with E-state index in [0.717, 1.165) is 11.4 Å². The SMILES string of the molecule is CN1c2ccccc2B(c2ccccc2)c2cc3ccc4c(N(c5ccccc5)c5ccccc5)ccc5ccc(c21)c3c54. The number of hydrogen-bond donors (Lipinski definition) is 0. The first-order valence-electron chi connectivity index (χ1n) is 15.3. The van der Waals surface area contributed by atoms with Crippen LogP contribution in [-0.2, 0) is 0 Å². The van der Waals surface area contributed by atoms with Gasteiger partial charge in [-0.1, -0.05) is 127 Å². The smallest absolute Gasteiger partial charge is 0.246 e. The van der Waals surface area contributed by atoms with Crippen LogP contribution in [0.2, 0.25) is 0 Å². The van der Waals surface area contributed by atoms with Gasteiger partial charge < -0.3 is 9.80 Å². The molecule has 8 aromatic rings. The molecule has 2 nitrogen and oxygen atoms in total. The van der Waals surface area contributed by atoms with Crippen LogP contribution in [0.5, 0.6) is 0 Å². The molecule has 44 heavy (non-hydrogen) atoms. The van der Waals surface area contributed by atoms with E-state index in [1.54, 1.807) is 0 Å². The molecule has 0 N–H and O–H groups in total.